The number of aryl methyl sites for hydroxylation is 3. The van der Waals surface area contributed by atoms with E-state index < -0.39 is 26.6 Å². The summed E-state index contributed by atoms with van der Waals surface area (Å²) < 4.78 is 54.0. The molecule has 9 heteroatoms. The normalized spacial score (nSPS) is 15.3. The number of hydrogen-bond donors (Lipinski definition) is 0. The smallest absolute Gasteiger partial charge is 0.246 e. The van der Waals surface area contributed by atoms with Gasteiger partial charge in [0.1, 0.15) is 16.5 Å². The van der Waals surface area contributed by atoms with Crippen molar-refractivity contribution in [3.63, 3.8) is 0 Å². The summed E-state index contributed by atoms with van der Waals surface area (Å²) in [4.78, 5) is 6.34. The predicted molar refractivity (Wildman–Crippen MR) is 123 cm³/mol. The molecule has 32 heavy (non-hydrogen) atoms. The fourth-order valence-electron chi connectivity index (χ4n) is 4.14. The Kier molecular flexibility index (Phi) is 6.33. The van der Waals surface area contributed by atoms with Crippen molar-refractivity contribution >= 4 is 26.5 Å². The third kappa shape index (κ3) is 4.55. The standard InChI is InChI=1S/C23H25F2N3O2S2/c1-15-10-16(2)20(17(3)11-15)13-19-14-31-23(26-19)27-6-8-28(9-7-27)32(29,30)22-5-4-18(24)12-21(22)25/h4-5,10-12,14H,6-9,13H2,1-3H3. The molecule has 0 aliphatic carbocycles. The first kappa shape index (κ1) is 22.8. The van der Waals surface area contributed by atoms with Crippen molar-refractivity contribution in [2.45, 2.75) is 32.1 Å². The minimum absolute atomic E-state index is 0.213. The van der Waals surface area contributed by atoms with Gasteiger partial charge in [-0.05, 0) is 49.6 Å². The van der Waals surface area contributed by atoms with Crippen molar-refractivity contribution in [1.82, 2.24) is 9.29 Å². The Morgan fingerprint density at radius 1 is 1.00 bits per heavy atom. The fraction of sp³-hybridized carbons (Fsp3) is 0.348. The van der Waals surface area contributed by atoms with E-state index in [9.17, 15) is 17.2 Å². The Morgan fingerprint density at radius 2 is 1.66 bits per heavy atom. The number of aromatic nitrogens is 1. The van der Waals surface area contributed by atoms with Crippen LogP contribution in [0, 0.1) is 32.4 Å². The molecule has 0 amide bonds. The second kappa shape index (κ2) is 8.88. The number of benzene rings is 2. The molecule has 0 N–H and O–H groups in total. The fourth-order valence-corrected chi connectivity index (χ4v) is 6.48. The molecule has 170 valence electrons. The van der Waals surface area contributed by atoms with Crippen LogP contribution in [0.4, 0.5) is 13.9 Å². The molecule has 0 bridgehead atoms. The number of halogens is 2. The number of nitrogens with zero attached hydrogens (tertiary/aromatic N) is 3. The topological polar surface area (TPSA) is 53.5 Å². The van der Waals surface area contributed by atoms with E-state index in [1.165, 1.54) is 26.6 Å². The summed E-state index contributed by atoms with van der Waals surface area (Å²) in [5, 5.41) is 2.90. The Hall–Kier alpha value is -2.36. The first-order valence-corrected chi connectivity index (χ1v) is 12.7. The lowest BCUT2D eigenvalue weighted by molar-refractivity contribution is 0.382. The molecule has 1 aromatic heterocycles. The van der Waals surface area contributed by atoms with Crippen molar-refractivity contribution in [2.75, 3.05) is 31.1 Å². The van der Waals surface area contributed by atoms with Crippen molar-refractivity contribution < 1.29 is 17.2 Å². The van der Waals surface area contributed by atoms with Gasteiger partial charge in [-0.1, -0.05) is 17.7 Å². The van der Waals surface area contributed by atoms with E-state index in [1.807, 2.05) is 5.38 Å². The summed E-state index contributed by atoms with van der Waals surface area (Å²) in [6, 6.07) is 6.89. The van der Waals surface area contributed by atoms with Crippen LogP contribution in [-0.4, -0.2) is 43.9 Å². The molecule has 0 unspecified atom stereocenters. The molecule has 5 nitrogen and oxygen atoms in total. The first-order valence-electron chi connectivity index (χ1n) is 10.4. The maximum atomic E-state index is 14.0. The molecule has 2 aromatic carbocycles. The van der Waals surface area contributed by atoms with Gasteiger partial charge < -0.3 is 4.90 Å². The molecule has 1 saturated heterocycles. The van der Waals surface area contributed by atoms with E-state index in [0.717, 1.165) is 29.4 Å². The van der Waals surface area contributed by atoms with Gasteiger partial charge in [-0.2, -0.15) is 4.31 Å². The average Bonchev–Trinajstić information content (AvgIpc) is 3.19. The molecular weight excluding hydrogens is 452 g/mol. The van der Waals surface area contributed by atoms with Crippen LogP contribution in [0.3, 0.4) is 0 Å². The maximum Gasteiger partial charge on any atom is 0.246 e. The summed E-state index contributed by atoms with van der Waals surface area (Å²) in [5.41, 5.74) is 6.03. The van der Waals surface area contributed by atoms with Crippen LogP contribution in [0.5, 0.6) is 0 Å². The number of thiazole rings is 1. The molecule has 0 radical (unpaired) electrons. The number of hydrogen-bond acceptors (Lipinski definition) is 5. The maximum absolute atomic E-state index is 14.0. The molecule has 0 atom stereocenters. The van der Waals surface area contributed by atoms with Crippen LogP contribution in [0.2, 0.25) is 0 Å². The molecule has 0 spiro atoms. The van der Waals surface area contributed by atoms with Crippen molar-refractivity contribution in [3.05, 3.63) is 75.3 Å². The highest BCUT2D eigenvalue weighted by Crippen LogP contribution is 2.27. The van der Waals surface area contributed by atoms with Crippen LogP contribution in [0.1, 0.15) is 27.9 Å². The van der Waals surface area contributed by atoms with E-state index in [0.29, 0.717) is 19.2 Å². The minimum Gasteiger partial charge on any atom is -0.345 e. The van der Waals surface area contributed by atoms with Gasteiger partial charge in [0.25, 0.3) is 0 Å². The Bertz CT molecular complexity index is 1230. The lowest BCUT2D eigenvalue weighted by atomic mass is 9.96. The van der Waals surface area contributed by atoms with E-state index in [1.54, 1.807) is 11.3 Å². The van der Waals surface area contributed by atoms with E-state index in [2.05, 4.69) is 37.8 Å². The number of rotatable bonds is 5. The predicted octanol–water partition coefficient (Wildman–Crippen LogP) is 4.45. The van der Waals surface area contributed by atoms with Gasteiger partial charge >= 0.3 is 0 Å². The van der Waals surface area contributed by atoms with Gasteiger partial charge in [-0.25, -0.2) is 22.2 Å². The highest BCUT2D eigenvalue weighted by Gasteiger charge is 2.31. The molecule has 3 aromatic rings. The monoisotopic (exact) mass is 477 g/mol. The van der Waals surface area contributed by atoms with Gasteiger partial charge in [0, 0.05) is 44.0 Å². The van der Waals surface area contributed by atoms with Crippen LogP contribution in [-0.2, 0) is 16.4 Å². The lowest BCUT2D eigenvalue weighted by Gasteiger charge is -2.33. The van der Waals surface area contributed by atoms with Gasteiger partial charge in [-0.3, -0.25) is 0 Å². The molecule has 4 rings (SSSR count). The second-order valence-corrected chi connectivity index (χ2v) is 10.9. The van der Waals surface area contributed by atoms with Crippen molar-refractivity contribution in [1.29, 1.82) is 0 Å². The number of anilines is 1. The summed E-state index contributed by atoms with van der Waals surface area (Å²) >= 11 is 1.54. The van der Waals surface area contributed by atoms with Gasteiger partial charge in [0.2, 0.25) is 10.0 Å². The van der Waals surface area contributed by atoms with Crippen LogP contribution >= 0.6 is 11.3 Å². The van der Waals surface area contributed by atoms with Crippen molar-refractivity contribution in [2.24, 2.45) is 0 Å². The summed E-state index contributed by atoms with van der Waals surface area (Å²) in [6.07, 6.45) is 0.757. The largest absolute Gasteiger partial charge is 0.345 e. The molecule has 1 aliphatic heterocycles. The molecular formula is C23H25F2N3O2S2. The van der Waals surface area contributed by atoms with Gasteiger partial charge in [0.15, 0.2) is 5.13 Å². The highest BCUT2D eigenvalue weighted by molar-refractivity contribution is 7.89. The quantitative estimate of drug-likeness (QED) is 0.545. The Labute approximate surface area is 191 Å². The zero-order valence-corrected chi connectivity index (χ0v) is 19.9. The minimum atomic E-state index is -4.02. The average molecular weight is 478 g/mol. The van der Waals surface area contributed by atoms with Gasteiger partial charge in [-0.15, -0.1) is 11.3 Å². The van der Waals surface area contributed by atoms with E-state index in [-0.39, 0.29) is 13.1 Å². The summed E-state index contributed by atoms with van der Waals surface area (Å²) in [6.45, 7) is 7.66. The van der Waals surface area contributed by atoms with E-state index in [4.69, 9.17) is 4.98 Å². The van der Waals surface area contributed by atoms with Crippen molar-refractivity contribution in [3.8, 4) is 0 Å². The van der Waals surface area contributed by atoms with Crippen LogP contribution in [0.15, 0.2) is 40.6 Å². The summed E-state index contributed by atoms with van der Waals surface area (Å²) in [7, 11) is -4.02. The molecule has 1 fully saturated rings. The Balaban J connectivity index is 1.44. The molecule has 1 aliphatic rings. The van der Waals surface area contributed by atoms with Crippen LogP contribution in [0.25, 0.3) is 0 Å². The third-order valence-corrected chi connectivity index (χ3v) is 8.64. The van der Waals surface area contributed by atoms with Crippen LogP contribution < -0.4 is 4.90 Å². The third-order valence-electron chi connectivity index (χ3n) is 5.76. The zero-order chi connectivity index (χ0) is 23.0. The first-order chi connectivity index (χ1) is 15.1. The Morgan fingerprint density at radius 3 is 2.28 bits per heavy atom. The molecule has 0 saturated carbocycles. The number of piperazine rings is 1. The highest BCUT2D eigenvalue weighted by atomic mass is 32.2. The van der Waals surface area contributed by atoms with E-state index >= 15 is 0 Å². The summed E-state index contributed by atoms with van der Waals surface area (Å²) in [5.74, 6) is -1.87. The molecule has 2 heterocycles. The van der Waals surface area contributed by atoms with Gasteiger partial charge in [0.05, 0.1) is 5.69 Å². The second-order valence-electron chi connectivity index (χ2n) is 8.14. The lowest BCUT2D eigenvalue weighted by Crippen LogP contribution is -2.48. The SMILES string of the molecule is Cc1cc(C)c(Cc2csc(N3CCN(S(=O)(=O)c4ccc(F)cc4F)CC3)n2)c(C)c1. The zero-order valence-electron chi connectivity index (χ0n) is 18.2. The number of sulfonamides is 1.